The van der Waals surface area contributed by atoms with Crippen molar-refractivity contribution in [3.05, 3.63) is 92.4 Å². The summed E-state index contributed by atoms with van der Waals surface area (Å²) in [6, 6.07) is 16.6. The number of urea groups is 1. The van der Waals surface area contributed by atoms with Crippen LogP contribution < -0.4 is 19.7 Å². The minimum Gasteiger partial charge on any atom is -0.493 e. The molecule has 3 aromatic carbocycles. The second-order valence-electron chi connectivity index (χ2n) is 7.73. The van der Waals surface area contributed by atoms with Gasteiger partial charge in [-0.05, 0) is 60.5 Å². The molecule has 0 aliphatic carbocycles. The van der Waals surface area contributed by atoms with Gasteiger partial charge >= 0.3 is 6.03 Å². The van der Waals surface area contributed by atoms with E-state index in [-0.39, 0.29) is 11.3 Å². The summed E-state index contributed by atoms with van der Waals surface area (Å²) >= 11 is 9.38. The zero-order valence-corrected chi connectivity index (χ0v) is 21.1. The van der Waals surface area contributed by atoms with Gasteiger partial charge in [0.15, 0.2) is 11.5 Å². The lowest BCUT2D eigenvalue weighted by molar-refractivity contribution is -0.122. The van der Waals surface area contributed by atoms with Crippen molar-refractivity contribution < 1.29 is 23.9 Å². The number of benzene rings is 3. The van der Waals surface area contributed by atoms with Gasteiger partial charge in [-0.3, -0.25) is 14.9 Å². The van der Waals surface area contributed by atoms with Gasteiger partial charge in [0.2, 0.25) is 0 Å². The van der Waals surface area contributed by atoms with Crippen molar-refractivity contribution in [1.29, 1.82) is 0 Å². The van der Waals surface area contributed by atoms with Crippen LogP contribution in [0.2, 0.25) is 5.02 Å². The highest BCUT2D eigenvalue weighted by atomic mass is 79.9. The smallest absolute Gasteiger partial charge is 0.335 e. The second kappa shape index (κ2) is 10.3. The first-order valence-electron chi connectivity index (χ1n) is 10.5. The molecule has 0 atom stereocenters. The molecule has 1 aliphatic heterocycles. The van der Waals surface area contributed by atoms with Crippen molar-refractivity contribution in [3.63, 3.8) is 0 Å². The number of amides is 4. The van der Waals surface area contributed by atoms with Gasteiger partial charge in [0.05, 0.1) is 12.8 Å². The molecule has 1 N–H and O–H groups in total. The Kier molecular flexibility index (Phi) is 7.23. The zero-order chi connectivity index (χ0) is 25.1. The van der Waals surface area contributed by atoms with Crippen LogP contribution >= 0.6 is 27.5 Å². The summed E-state index contributed by atoms with van der Waals surface area (Å²) in [4.78, 5) is 38.9. The molecule has 7 nitrogen and oxygen atoms in total. The number of nitrogens with one attached hydrogen (secondary N) is 1. The first-order chi connectivity index (χ1) is 16.8. The molecule has 9 heteroatoms. The van der Waals surface area contributed by atoms with Crippen molar-refractivity contribution in [1.82, 2.24) is 5.32 Å². The molecule has 3 aromatic rings. The Balaban J connectivity index is 1.63. The Morgan fingerprint density at radius 2 is 1.69 bits per heavy atom. The fraction of sp³-hybridized carbons (Fsp3) is 0.115. The van der Waals surface area contributed by atoms with Crippen LogP contribution in [0.4, 0.5) is 10.5 Å². The first-order valence-corrected chi connectivity index (χ1v) is 11.7. The maximum atomic E-state index is 13.1. The third kappa shape index (κ3) is 5.39. The topological polar surface area (TPSA) is 84.9 Å². The van der Waals surface area contributed by atoms with E-state index in [0.717, 1.165) is 16.0 Å². The number of halogens is 2. The minimum atomic E-state index is -0.837. The number of aryl methyl sites for hydroxylation is 1. The number of anilines is 1. The van der Waals surface area contributed by atoms with E-state index in [4.69, 9.17) is 21.1 Å². The molecule has 1 aliphatic rings. The monoisotopic (exact) mass is 554 g/mol. The van der Waals surface area contributed by atoms with Crippen LogP contribution in [0.25, 0.3) is 6.08 Å². The molecular weight excluding hydrogens is 536 g/mol. The highest BCUT2D eigenvalue weighted by Gasteiger charge is 2.37. The van der Waals surface area contributed by atoms with Gasteiger partial charge in [-0.15, -0.1) is 0 Å². The number of methoxy groups -OCH3 is 1. The van der Waals surface area contributed by atoms with Crippen molar-refractivity contribution in [2.24, 2.45) is 0 Å². The summed E-state index contributed by atoms with van der Waals surface area (Å²) in [5.74, 6) is -0.650. The average Bonchev–Trinajstić information content (AvgIpc) is 2.83. The van der Waals surface area contributed by atoms with E-state index in [0.29, 0.717) is 33.2 Å². The van der Waals surface area contributed by atoms with Gasteiger partial charge < -0.3 is 9.47 Å². The van der Waals surface area contributed by atoms with E-state index in [1.165, 1.54) is 25.3 Å². The number of carbonyl (C=O) groups is 3. The predicted octanol–water partition coefficient (Wildman–Crippen LogP) is 5.66. The number of nitrogens with zero attached hydrogens (tertiary/aromatic N) is 1. The number of carbonyl (C=O) groups excluding carboxylic acids is 3. The molecule has 0 spiro atoms. The Bertz CT molecular complexity index is 1340. The van der Waals surface area contributed by atoms with Crippen LogP contribution in [0.1, 0.15) is 16.7 Å². The number of barbiturate groups is 1. The third-order valence-electron chi connectivity index (χ3n) is 5.28. The molecule has 0 unspecified atom stereocenters. The molecule has 0 aromatic heterocycles. The lowest BCUT2D eigenvalue weighted by Crippen LogP contribution is -2.54. The Labute approximate surface area is 215 Å². The lowest BCUT2D eigenvalue weighted by atomic mass is 10.1. The lowest BCUT2D eigenvalue weighted by Gasteiger charge is -2.26. The van der Waals surface area contributed by atoms with Crippen LogP contribution in [-0.2, 0) is 16.2 Å². The Hall–Kier alpha value is -3.62. The second-order valence-corrected chi connectivity index (χ2v) is 9.02. The van der Waals surface area contributed by atoms with Gasteiger partial charge in [-0.1, -0.05) is 57.4 Å². The van der Waals surface area contributed by atoms with E-state index < -0.39 is 17.8 Å². The van der Waals surface area contributed by atoms with Gasteiger partial charge in [0.1, 0.15) is 12.2 Å². The van der Waals surface area contributed by atoms with E-state index in [1.54, 1.807) is 24.3 Å². The molecule has 178 valence electrons. The normalized spacial score (nSPS) is 14.8. The SMILES string of the molecule is COc1cc(/C=C2\C(=O)NC(=O)N(c3ccc(Cl)cc3)C2=O)c(Br)cc1OCc1ccc(C)cc1. The number of imide groups is 2. The van der Waals surface area contributed by atoms with Crippen LogP contribution in [-0.4, -0.2) is 25.0 Å². The highest BCUT2D eigenvalue weighted by molar-refractivity contribution is 9.10. The minimum absolute atomic E-state index is 0.212. The number of ether oxygens (including phenoxy) is 2. The maximum Gasteiger partial charge on any atom is 0.335 e. The van der Waals surface area contributed by atoms with Crippen molar-refractivity contribution in [3.8, 4) is 11.5 Å². The molecule has 0 radical (unpaired) electrons. The van der Waals surface area contributed by atoms with Crippen molar-refractivity contribution >= 4 is 57.1 Å². The zero-order valence-electron chi connectivity index (χ0n) is 18.8. The number of hydrogen-bond acceptors (Lipinski definition) is 5. The summed E-state index contributed by atoms with van der Waals surface area (Å²) in [5, 5.41) is 2.65. The quantitative estimate of drug-likeness (QED) is 0.313. The van der Waals surface area contributed by atoms with Gasteiger partial charge in [0, 0.05) is 9.50 Å². The van der Waals surface area contributed by atoms with E-state index in [9.17, 15) is 14.4 Å². The number of rotatable bonds is 6. The van der Waals surface area contributed by atoms with E-state index in [2.05, 4.69) is 21.2 Å². The summed E-state index contributed by atoms with van der Waals surface area (Å²) < 4.78 is 12.0. The Morgan fingerprint density at radius 1 is 1.00 bits per heavy atom. The van der Waals surface area contributed by atoms with Crippen molar-refractivity contribution in [2.45, 2.75) is 13.5 Å². The molecule has 4 rings (SSSR count). The molecule has 0 bridgehead atoms. The molecule has 1 heterocycles. The van der Waals surface area contributed by atoms with Gasteiger partial charge in [0.25, 0.3) is 11.8 Å². The largest absolute Gasteiger partial charge is 0.493 e. The number of hydrogen-bond donors (Lipinski definition) is 1. The molecule has 1 fully saturated rings. The highest BCUT2D eigenvalue weighted by Crippen LogP contribution is 2.36. The molecular formula is C26H20BrClN2O5. The maximum absolute atomic E-state index is 13.1. The van der Waals surface area contributed by atoms with Crippen LogP contribution in [0, 0.1) is 6.92 Å². The summed E-state index contributed by atoms with van der Waals surface area (Å²) in [6.07, 6.45) is 1.39. The van der Waals surface area contributed by atoms with Crippen molar-refractivity contribution in [2.75, 3.05) is 12.0 Å². The molecule has 1 saturated heterocycles. The third-order valence-corrected chi connectivity index (χ3v) is 6.22. The van der Waals surface area contributed by atoms with Crippen LogP contribution in [0.15, 0.2) is 70.7 Å². The molecule has 0 saturated carbocycles. The molecule has 35 heavy (non-hydrogen) atoms. The fourth-order valence-electron chi connectivity index (χ4n) is 3.42. The fourth-order valence-corrected chi connectivity index (χ4v) is 3.98. The summed E-state index contributed by atoms with van der Waals surface area (Å²) in [6.45, 7) is 2.35. The van der Waals surface area contributed by atoms with Gasteiger partial charge in [-0.25, -0.2) is 9.69 Å². The van der Waals surface area contributed by atoms with Crippen LogP contribution in [0.3, 0.4) is 0 Å². The predicted molar refractivity (Wildman–Crippen MR) is 137 cm³/mol. The first kappa shape index (κ1) is 24.5. The average molecular weight is 556 g/mol. The summed E-state index contributed by atoms with van der Waals surface area (Å²) in [5.41, 5.74) is 2.72. The van der Waals surface area contributed by atoms with E-state index >= 15 is 0 Å². The molecule has 4 amide bonds. The van der Waals surface area contributed by atoms with E-state index in [1.807, 2.05) is 31.2 Å². The summed E-state index contributed by atoms with van der Waals surface area (Å²) in [7, 11) is 1.50. The van der Waals surface area contributed by atoms with Gasteiger partial charge in [-0.2, -0.15) is 0 Å². The van der Waals surface area contributed by atoms with Crippen LogP contribution in [0.5, 0.6) is 11.5 Å². The Morgan fingerprint density at radius 3 is 2.34 bits per heavy atom. The standard InChI is InChI=1S/C26H20BrClN2O5/c1-15-3-5-16(6-4-15)14-35-23-13-21(27)17(12-22(23)34-2)11-20-24(31)29-26(33)30(25(20)32)19-9-7-18(28)8-10-19/h3-13H,14H2,1-2H3,(H,29,31,33)/b20-11+.